The van der Waals surface area contributed by atoms with Crippen LogP contribution >= 0.6 is 0 Å². The molecule has 0 saturated carbocycles. The molecule has 4 nitrogen and oxygen atoms in total. The van der Waals surface area contributed by atoms with Crippen molar-refractivity contribution >= 4 is 21.5 Å². The third kappa shape index (κ3) is 3.73. The predicted molar refractivity (Wildman–Crippen MR) is 112 cm³/mol. The Labute approximate surface area is 165 Å². The largest absolute Gasteiger partial charge is 0.491 e. The Bertz CT molecular complexity index is 988. The fourth-order valence-electron chi connectivity index (χ4n) is 3.26. The standard InChI is InChI=1S/C24H24N2O2/c1-3-5-11-27-23-19-13-17-9-7-8-10-18(17)14-20(19)24(28-12-6-4-2)22(16-26)21(23)15-25/h7-10,13-14H,3-6,11-12H2,1-2H3. The van der Waals surface area contributed by atoms with Crippen LogP contribution in [0.3, 0.4) is 0 Å². The second kappa shape index (κ2) is 9.11. The van der Waals surface area contributed by atoms with E-state index in [-0.39, 0.29) is 11.1 Å². The first kappa shape index (κ1) is 19.5. The number of nitriles is 2. The van der Waals surface area contributed by atoms with Gasteiger partial charge in [0.15, 0.2) is 0 Å². The lowest BCUT2D eigenvalue weighted by Crippen LogP contribution is -2.05. The summed E-state index contributed by atoms with van der Waals surface area (Å²) >= 11 is 0. The zero-order chi connectivity index (χ0) is 19.9. The molecule has 0 bridgehead atoms. The number of unbranched alkanes of at least 4 members (excludes halogenated alkanes) is 2. The van der Waals surface area contributed by atoms with Gasteiger partial charge in [0, 0.05) is 10.8 Å². The quantitative estimate of drug-likeness (QED) is 0.354. The summed E-state index contributed by atoms with van der Waals surface area (Å²) in [5.74, 6) is 0.965. The van der Waals surface area contributed by atoms with Crippen molar-refractivity contribution in [1.29, 1.82) is 10.5 Å². The minimum atomic E-state index is 0.257. The van der Waals surface area contributed by atoms with Gasteiger partial charge in [-0.25, -0.2) is 0 Å². The maximum atomic E-state index is 9.82. The van der Waals surface area contributed by atoms with E-state index in [4.69, 9.17) is 9.47 Å². The van der Waals surface area contributed by atoms with Crippen LogP contribution in [-0.2, 0) is 0 Å². The maximum absolute atomic E-state index is 9.82. The first-order chi connectivity index (χ1) is 13.7. The van der Waals surface area contributed by atoms with Gasteiger partial charge in [-0.2, -0.15) is 10.5 Å². The lowest BCUT2D eigenvalue weighted by atomic mass is 9.96. The summed E-state index contributed by atoms with van der Waals surface area (Å²) in [5.41, 5.74) is 0.515. The number of nitrogens with zero attached hydrogens (tertiary/aromatic N) is 2. The summed E-state index contributed by atoms with van der Waals surface area (Å²) in [7, 11) is 0. The Balaban J connectivity index is 2.32. The highest BCUT2D eigenvalue weighted by Gasteiger charge is 2.22. The van der Waals surface area contributed by atoms with Crippen molar-refractivity contribution in [1.82, 2.24) is 0 Å². The number of benzene rings is 3. The third-order valence-electron chi connectivity index (χ3n) is 4.79. The molecule has 3 aromatic rings. The molecular formula is C24H24N2O2. The monoisotopic (exact) mass is 372 g/mol. The van der Waals surface area contributed by atoms with Gasteiger partial charge >= 0.3 is 0 Å². The van der Waals surface area contributed by atoms with E-state index in [0.717, 1.165) is 47.2 Å². The van der Waals surface area contributed by atoms with E-state index in [1.54, 1.807) is 0 Å². The number of ether oxygens (including phenoxy) is 2. The SMILES string of the molecule is CCCCOc1c(C#N)c(C#N)c(OCCCC)c2cc3ccccc3cc12. The average molecular weight is 372 g/mol. The van der Waals surface area contributed by atoms with Crippen LogP contribution in [0.15, 0.2) is 36.4 Å². The van der Waals surface area contributed by atoms with Gasteiger partial charge in [0.2, 0.25) is 0 Å². The molecule has 4 heteroatoms. The Morgan fingerprint density at radius 1 is 0.750 bits per heavy atom. The summed E-state index contributed by atoms with van der Waals surface area (Å²) in [6.07, 6.45) is 3.76. The van der Waals surface area contributed by atoms with Crippen molar-refractivity contribution in [3.05, 3.63) is 47.5 Å². The molecule has 0 fully saturated rings. The van der Waals surface area contributed by atoms with Crippen LogP contribution in [0, 0.1) is 22.7 Å². The summed E-state index contributed by atoms with van der Waals surface area (Å²) in [6, 6.07) is 16.5. The summed E-state index contributed by atoms with van der Waals surface area (Å²) in [4.78, 5) is 0. The molecule has 0 radical (unpaired) electrons. The molecule has 0 N–H and O–H groups in total. The van der Waals surface area contributed by atoms with E-state index in [1.807, 2.05) is 36.4 Å². The van der Waals surface area contributed by atoms with Gasteiger partial charge < -0.3 is 9.47 Å². The van der Waals surface area contributed by atoms with E-state index in [9.17, 15) is 10.5 Å². The van der Waals surface area contributed by atoms with Gasteiger partial charge in [0.1, 0.15) is 34.8 Å². The van der Waals surface area contributed by atoms with E-state index in [0.29, 0.717) is 24.7 Å². The lowest BCUT2D eigenvalue weighted by Gasteiger charge is -2.18. The molecule has 0 aliphatic rings. The van der Waals surface area contributed by atoms with Crippen LogP contribution in [0.5, 0.6) is 11.5 Å². The smallest absolute Gasteiger partial charge is 0.146 e. The molecule has 3 rings (SSSR count). The van der Waals surface area contributed by atoms with Crippen molar-refractivity contribution in [2.24, 2.45) is 0 Å². The average Bonchev–Trinajstić information content (AvgIpc) is 2.73. The van der Waals surface area contributed by atoms with Gasteiger partial charge in [0.05, 0.1) is 13.2 Å². The lowest BCUT2D eigenvalue weighted by molar-refractivity contribution is 0.305. The van der Waals surface area contributed by atoms with Crippen LogP contribution in [0.4, 0.5) is 0 Å². The Hall–Kier alpha value is -3.24. The van der Waals surface area contributed by atoms with Crippen molar-refractivity contribution in [3.63, 3.8) is 0 Å². The van der Waals surface area contributed by atoms with Crippen molar-refractivity contribution in [3.8, 4) is 23.6 Å². The fraction of sp³-hybridized carbons (Fsp3) is 0.333. The summed E-state index contributed by atoms with van der Waals surface area (Å²) < 4.78 is 12.0. The number of fused-ring (bicyclic) bond motifs is 2. The number of rotatable bonds is 8. The highest BCUT2D eigenvalue weighted by atomic mass is 16.5. The second-order valence-electron chi connectivity index (χ2n) is 6.78. The molecule has 0 aliphatic carbocycles. The van der Waals surface area contributed by atoms with Gasteiger partial charge in [-0.05, 0) is 35.7 Å². The first-order valence-corrected chi connectivity index (χ1v) is 9.83. The highest BCUT2D eigenvalue weighted by Crippen LogP contribution is 2.42. The number of hydrogen-bond donors (Lipinski definition) is 0. The van der Waals surface area contributed by atoms with Gasteiger partial charge in [-0.3, -0.25) is 0 Å². The van der Waals surface area contributed by atoms with Crippen LogP contribution in [0.25, 0.3) is 21.5 Å². The van der Waals surface area contributed by atoms with E-state index >= 15 is 0 Å². The Morgan fingerprint density at radius 2 is 1.18 bits per heavy atom. The molecule has 0 spiro atoms. The molecule has 0 saturated heterocycles. The molecule has 3 aromatic carbocycles. The summed E-state index contributed by atoms with van der Waals surface area (Å²) in [5, 5.41) is 23.4. The van der Waals surface area contributed by atoms with E-state index in [1.165, 1.54) is 0 Å². The normalized spacial score (nSPS) is 10.6. The topological polar surface area (TPSA) is 66.0 Å². The van der Waals surface area contributed by atoms with Crippen LogP contribution in [0.2, 0.25) is 0 Å². The zero-order valence-corrected chi connectivity index (χ0v) is 16.4. The van der Waals surface area contributed by atoms with Crippen LogP contribution < -0.4 is 9.47 Å². The molecule has 28 heavy (non-hydrogen) atoms. The molecule has 0 aliphatic heterocycles. The Morgan fingerprint density at radius 3 is 1.54 bits per heavy atom. The molecule has 0 aromatic heterocycles. The van der Waals surface area contributed by atoms with Gasteiger partial charge in [0.25, 0.3) is 0 Å². The molecule has 142 valence electrons. The van der Waals surface area contributed by atoms with Crippen molar-refractivity contribution in [2.45, 2.75) is 39.5 Å². The highest BCUT2D eigenvalue weighted by molar-refractivity contribution is 6.06. The minimum absolute atomic E-state index is 0.257. The number of hydrogen-bond acceptors (Lipinski definition) is 4. The molecule has 0 unspecified atom stereocenters. The minimum Gasteiger partial charge on any atom is -0.491 e. The first-order valence-electron chi connectivity index (χ1n) is 9.83. The van der Waals surface area contributed by atoms with Crippen molar-refractivity contribution in [2.75, 3.05) is 13.2 Å². The van der Waals surface area contributed by atoms with Gasteiger partial charge in [-0.1, -0.05) is 51.0 Å². The van der Waals surface area contributed by atoms with E-state index < -0.39 is 0 Å². The molecule has 0 heterocycles. The predicted octanol–water partition coefficient (Wildman–Crippen LogP) is 6.09. The Kier molecular flexibility index (Phi) is 6.35. The van der Waals surface area contributed by atoms with Crippen LogP contribution in [0.1, 0.15) is 50.7 Å². The second-order valence-corrected chi connectivity index (χ2v) is 6.78. The zero-order valence-electron chi connectivity index (χ0n) is 16.4. The fourth-order valence-corrected chi connectivity index (χ4v) is 3.26. The van der Waals surface area contributed by atoms with E-state index in [2.05, 4.69) is 26.0 Å². The maximum Gasteiger partial charge on any atom is 0.146 e. The van der Waals surface area contributed by atoms with Crippen molar-refractivity contribution < 1.29 is 9.47 Å². The summed E-state index contributed by atoms with van der Waals surface area (Å²) in [6.45, 7) is 5.19. The van der Waals surface area contributed by atoms with Crippen LogP contribution in [-0.4, -0.2) is 13.2 Å². The van der Waals surface area contributed by atoms with Gasteiger partial charge in [-0.15, -0.1) is 0 Å². The molecular weight excluding hydrogens is 348 g/mol. The third-order valence-corrected chi connectivity index (χ3v) is 4.79. The molecule has 0 atom stereocenters. The molecule has 0 amide bonds.